The van der Waals surface area contributed by atoms with Gasteiger partial charge in [-0.2, -0.15) is 0 Å². The van der Waals surface area contributed by atoms with E-state index in [4.69, 9.17) is 28.4 Å². The number of ether oxygens (including phenoxy) is 6. The Balaban J connectivity index is 1.24. The maximum absolute atomic E-state index is 5.81. The van der Waals surface area contributed by atoms with Crippen molar-refractivity contribution < 1.29 is 28.4 Å². The third-order valence-corrected chi connectivity index (χ3v) is 12.7. The third-order valence-electron chi connectivity index (χ3n) is 12.7. The van der Waals surface area contributed by atoms with Crippen LogP contribution in [0.25, 0.3) is 0 Å². The van der Waals surface area contributed by atoms with Crippen molar-refractivity contribution in [2.45, 2.75) is 82.3 Å². The summed E-state index contributed by atoms with van der Waals surface area (Å²) in [6.45, 7) is 2.84. The fourth-order valence-electron chi connectivity index (χ4n) is 9.70. The molecule has 3 aliphatic heterocycles. The molecule has 0 aromatic heterocycles. The summed E-state index contributed by atoms with van der Waals surface area (Å²) < 4.78 is 34.6. The maximum atomic E-state index is 5.81. The lowest BCUT2D eigenvalue weighted by atomic mass is 9.68. The van der Waals surface area contributed by atoms with Gasteiger partial charge in [0.2, 0.25) is 0 Å². The number of nitrogens with one attached hydrogen (secondary N) is 3. The van der Waals surface area contributed by atoms with Crippen LogP contribution in [0.2, 0.25) is 0 Å². The molecular weight excluding hydrogens is 703 g/mol. The van der Waals surface area contributed by atoms with Crippen LogP contribution < -0.4 is 44.4 Å². The average Bonchev–Trinajstić information content (AvgIpc) is 3.25. The first-order valence-corrected chi connectivity index (χ1v) is 20.4. The number of hydrogen-bond donors (Lipinski definition) is 3. The van der Waals surface area contributed by atoms with E-state index in [1.54, 1.807) is 42.7 Å². The molecule has 4 aromatic rings. The zero-order valence-electron chi connectivity index (χ0n) is 34.2. The van der Waals surface area contributed by atoms with Gasteiger partial charge in [-0.25, -0.2) is 0 Å². The van der Waals surface area contributed by atoms with Gasteiger partial charge in [0.05, 0.1) is 42.7 Å². The quantitative estimate of drug-likeness (QED) is 0.0984. The molecule has 3 atom stereocenters. The van der Waals surface area contributed by atoms with Crippen molar-refractivity contribution in [3.63, 3.8) is 0 Å². The number of hydrogen-bond acceptors (Lipinski definition) is 9. The van der Waals surface area contributed by atoms with Gasteiger partial charge in [-0.1, -0.05) is 30.3 Å². The Labute approximate surface area is 333 Å². The van der Waals surface area contributed by atoms with Gasteiger partial charge < -0.3 is 44.4 Å². The minimum Gasteiger partial charge on any atom is -0.493 e. The van der Waals surface area contributed by atoms with Crippen LogP contribution in [0.4, 0.5) is 0 Å². The lowest BCUT2D eigenvalue weighted by Gasteiger charge is -2.40. The molecule has 56 heavy (non-hydrogen) atoms. The predicted octanol–water partition coefficient (Wildman–Crippen LogP) is 8.27. The van der Waals surface area contributed by atoms with Crippen LogP contribution in [0.3, 0.4) is 0 Å². The van der Waals surface area contributed by atoms with Crippen LogP contribution in [0.5, 0.6) is 34.5 Å². The van der Waals surface area contributed by atoms with Gasteiger partial charge >= 0.3 is 0 Å². The van der Waals surface area contributed by atoms with E-state index in [1.165, 1.54) is 38.9 Å². The smallest absolute Gasteiger partial charge is 0.161 e. The highest BCUT2D eigenvalue weighted by atomic mass is 16.5. The van der Waals surface area contributed by atoms with Crippen molar-refractivity contribution in [1.82, 2.24) is 16.0 Å². The summed E-state index contributed by atoms with van der Waals surface area (Å²) in [7, 11) is 10.4. The van der Waals surface area contributed by atoms with Crippen LogP contribution >= 0.6 is 0 Å². The van der Waals surface area contributed by atoms with Gasteiger partial charge in [0, 0.05) is 18.1 Å². The van der Waals surface area contributed by atoms with Gasteiger partial charge in [0.1, 0.15) is 0 Å². The largest absolute Gasteiger partial charge is 0.493 e. The minimum atomic E-state index is 0.0168. The van der Waals surface area contributed by atoms with Crippen LogP contribution in [0, 0.1) is 5.41 Å². The molecule has 0 radical (unpaired) electrons. The molecule has 0 fully saturated rings. The number of methoxy groups -OCH3 is 6. The first kappa shape index (κ1) is 39.8. The van der Waals surface area contributed by atoms with E-state index in [0.29, 0.717) is 0 Å². The zero-order chi connectivity index (χ0) is 39.1. The van der Waals surface area contributed by atoms with Crippen LogP contribution in [0.15, 0.2) is 66.7 Å². The van der Waals surface area contributed by atoms with E-state index in [2.05, 4.69) is 82.7 Å². The molecule has 0 saturated carbocycles. The van der Waals surface area contributed by atoms with E-state index < -0.39 is 0 Å². The molecule has 0 amide bonds. The summed E-state index contributed by atoms with van der Waals surface area (Å²) in [6.07, 6.45) is 10.2. The second kappa shape index (κ2) is 18.2. The third kappa shape index (κ3) is 8.60. The summed E-state index contributed by atoms with van der Waals surface area (Å²) in [5.74, 6) is 4.77. The molecule has 0 aliphatic carbocycles. The molecule has 3 aliphatic rings. The summed E-state index contributed by atoms with van der Waals surface area (Å²) in [5.41, 5.74) is 9.44. The molecule has 0 saturated heterocycles. The average molecular weight is 764 g/mol. The lowest BCUT2D eigenvalue weighted by Crippen LogP contribution is -2.36. The van der Waals surface area contributed by atoms with Crippen molar-refractivity contribution in [3.8, 4) is 34.5 Å². The fourth-order valence-corrected chi connectivity index (χ4v) is 9.70. The highest BCUT2D eigenvalue weighted by Crippen LogP contribution is 2.47. The van der Waals surface area contributed by atoms with Gasteiger partial charge in [0.25, 0.3) is 0 Å². The SMILES string of the molecule is COc1cc2c(cc1OC)C(CCC(CCC1NCCc3cc(OC)c(OC)cc31)(CCC1NCCc3cc(OC)c(OC)cc31)Cc1ccccc1)NCC2. The molecule has 300 valence electrons. The van der Waals surface area contributed by atoms with E-state index in [-0.39, 0.29) is 23.5 Å². The van der Waals surface area contributed by atoms with Crippen LogP contribution in [-0.2, 0) is 25.7 Å². The lowest BCUT2D eigenvalue weighted by molar-refractivity contribution is 0.172. The Morgan fingerprint density at radius 3 is 1.11 bits per heavy atom. The van der Waals surface area contributed by atoms with Gasteiger partial charge in [-0.15, -0.1) is 0 Å². The second-order valence-corrected chi connectivity index (χ2v) is 15.8. The highest BCUT2D eigenvalue weighted by molar-refractivity contribution is 5.51. The van der Waals surface area contributed by atoms with Crippen LogP contribution in [-0.4, -0.2) is 62.3 Å². The van der Waals surface area contributed by atoms with Crippen molar-refractivity contribution in [3.05, 3.63) is 106 Å². The summed E-state index contributed by atoms with van der Waals surface area (Å²) in [5, 5.41) is 11.7. The molecule has 0 spiro atoms. The van der Waals surface area contributed by atoms with Crippen LogP contribution in [0.1, 0.15) is 95.6 Å². The monoisotopic (exact) mass is 763 g/mol. The van der Waals surface area contributed by atoms with Gasteiger partial charge in [-0.3, -0.25) is 0 Å². The molecule has 9 nitrogen and oxygen atoms in total. The minimum absolute atomic E-state index is 0.0168. The predicted molar refractivity (Wildman–Crippen MR) is 222 cm³/mol. The van der Waals surface area contributed by atoms with Crippen molar-refractivity contribution in [2.75, 3.05) is 62.3 Å². The van der Waals surface area contributed by atoms with Crippen molar-refractivity contribution in [2.24, 2.45) is 5.41 Å². The Morgan fingerprint density at radius 2 is 0.786 bits per heavy atom. The molecular formula is C47H61N3O6. The van der Waals surface area contributed by atoms with Crippen molar-refractivity contribution >= 4 is 0 Å². The van der Waals surface area contributed by atoms with E-state index >= 15 is 0 Å². The molecule has 3 heterocycles. The standard InChI is InChI=1S/C47H61N3O6/c1-51-41-24-32-15-21-48-38(35(32)27-44(41)54-4)12-18-47(30-31-10-8-7-9-11-31,19-13-39-36-28-45(55-5)42(52-2)25-33(36)16-22-49-39)20-14-40-37-29-46(56-6)43(53-3)26-34(37)17-23-50-40/h7-11,24-29,38-40,48-50H,12-23,30H2,1-6H3. The Hall–Kier alpha value is -4.44. The summed E-state index contributed by atoms with van der Waals surface area (Å²) >= 11 is 0. The zero-order valence-corrected chi connectivity index (χ0v) is 34.2. The molecule has 0 bridgehead atoms. The summed E-state index contributed by atoms with van der Waals surface area (Å²) in [4.78, 5) is 0. The number of benzene rings is 4. The summed E-state index contributed by atoms with van der Waals surface area (Å²) in [6, 6.07) is 25.0. The van der Waals surface area contributed by atoms with E-state index in [1.807, 2.05) is 0 Å². The second-order valence-electron chi connectivity index (χ2n) is 15.8. The first-order valence-electron chi connectivity index (χ1n) is 20.4. The first-order chi connectivity index (χ1) is 27.4. The number of rotatable bonds is 17. The van der Waals surface area contributed by atoms with Gasteiger partial charge in [0.15, 0.2) is 34.5 Å². The van der Waals surface area contributed by atoms with Gasteiger partial charge in [-0.05, 0) is 165 Å². The molecule has 3 N–H and O–H groups in total. The maximum Gasteiger partial charge on any atom is 0.161 e. The molecule has 4 aromatic carbocycles. The molecule has 9 heteroatoms. The topological polar surface area (TPSA) is 91.5 Å². The Bertz CT molecular complexity index is 1750. The molecule has 3 unspecified atom stereocenters. The Morgan fingerprint density at radius 1 is 0.464 bits per heavy atom. The number of fused-ring (bicyclic) bond motifs is 3. The highest BCUT2D eigenvalue weighted by Gasteiger charge is 2.36. The normalized spacial score (nSPS) is 19.8. The van der Waals surface area contributed by atoms with Crippen molar-refractivity contribution in [1.29, 1.82) is 0 Å². The van der Waals surface area contributed by atoms with E-state index in [0.717, 1.165) is 118 Å². The van der Waals surface area contributed by atoms with E-state index in [9.17, 15) is 0 Å². The Kier molecular flexibility index (Phi) is 12.9. The fraction of sp³-hybridized carbons (Fsp3) is 0.489. The molecule has 7 rings (SSSR count).